The third-order valence-electron chi connectivity index (χ3n) is 4.64. The van der Waals surface area contributed by atoms with Crippen LogP contribution in [-0.4, -0.2) is 54.5 Å². The summed E-state index contributed by atoms with van der Waals surface area (Å²) in [7, 11) is 5.52. The summed E-state index contributed by atoms with van der Waals surface area (Å²) in [6.07, 6.45) is 2.56. The minimum atomic E-state index is -0.0111. The van der Waals surface area contributed by atoms with Crippen LogP contribution in [0, 0.1) is 0 Å². The van der Waals surface area contributed by atoms with Crippen molar-refractivity contribution in [3.05, 3.63) is 59.3 Å². The summed E-state index contributed by atoms with van der Waals surface area (Å²) in [5.74, 6) is 0.445. The standard InChI is InChI=1S/C19H23N3O2/c1-21-12-16-7-5-4-6-14(16)10-17(21)13-22(2)19(23)15-8-9-20-18(11-15)24-3/h4-9,11,17H,10,12-13H2,1-3H3. The van der Waals surface area contributed by atoms with E-state index in [1.165, 1.54) is 11.1 Å². The molecule has 5 heteroatoms. The maximum atomic E-state index is 12.7. The zero-order valence-corrected chi connectivity index (χ0v) is 14.4. The molecule has 0 radical (unpaired) electrons. The van der Waals surface area contributed by atoms with Gasteiger partial charge in [-0.25, -0.2) is 4.98 Å². The quantitative estimate of drug-likeness (QED) is 0.865. The molecule has 2 aromatic rings. The maximum absolute atomic E-state index is 12.7. The normalized spacial score (nSPS) is 17.2. The van der Waals surface area contributed by atoms with Crippen molar-refractivity contribution in [3.8, 4) is 5.88 Å². The monoisotopic (exact) mass is 325 g/mol. The Morgan fingerprint density at radius 3 is 2.83 bits per heavy atom. The van der Waals surface area contributed by atoms with Crippen molar-refractivity contribution < 1.29 is 9.53 Å². The zero-order valence-electron chi connectivity index (χ0n) is 14.4. The maximum Gasteiger partial charge on any atom is 0.253 e. The number of pyridine rings is 1. The first kappa shape index (κ1) is 16.5. The van der Waals surface area contributed by atoms with E-state index >= 15 is 0 Å². The molecule has 5 nitrogen and oxygen atoms in total. The molecule has 3 rings (SSSR count). The first-order valence-electron chi connectivity index (χ1n) is 8.11. The second-order valence-corrected chi connectivity index (χ2v) is 6.31. The largest absolute Gasteiger partial charge is 0.481 e. The first-order valence-corrected chi connectivity index (χ1v) is 8.11. The Balaban J connectivity index is 1.70. The number of amides is 1. The summed E-state index contributed by atoms with van der Waals surface area (Å²) >= 11 is 0. The molecule has 24 heavy (non-hydrogen) atoms. The van der Waals surface area contributed by atoms with Gasteiger partial charge in [-0.2, -0.15) is 0 Å². The third-order valence-corrected chi connectivity index (χ3v) is 4.64. The van der Waals surface area contributed by atoms with Gasteiger partial charge in [0.1, 0.15) is 0 Å². The smallest absolute Gasteiger partial charge is 0.253 e. The predicted octanol–water partition coefficient (Wildman–Crippen LogP) is 2.22. The van der Waals surface area contributed by atoms with Gasteiger partial charge in [0.2, 0.25) is 5.88 Å². The van der Waals surface area contributed by atoms with Crippen LogP contribution < -0.4 is 4.74 Å². The number of aromatic nitrogens is 1. The zero-order chi connectivity index (χ0) is 17.1. The van der Waals surface area contributed by atoms with Crippen molar-refractivity contribution in [1.29, 1.82) is 0 Å². The third kappa shape index (κ3) is 3.41. The van der Waals surface area contributed by atoms with Gasteiger partial charge < -0.3 is 9.64 Å². The number of hydrogen-bond acceptors (Lipinski definition) is 4. The molecule has 0 aliphatic carbocycles. The molecule has 0 fully saturated rings. The molecule has 1 aromatic carbocycles. The number of carbonyl (C=O) groups excluding carboxylic acids is 1. The molecule has 0 spiro atoms. The molecule has 1 atom stereocenters. The van der Waals surface area contributed by atoms with E-state index in [2.05, 4.69) is 41.2 Å². The van der Waals surface area contributed by atoms with Crippen LogP contribution in [0.3, 0.4) is 0 Å². The number of carbonyl (C=O) groups is 1. The lowest BCUT2D eigenvalue weighted by Gasteiger charge is -2.36. The van der Waals surface area contributed by atoms with Crippen molar-refractivity contribution in [3.63, 3.8) is 0 Å². The Morgan fingerprint density at radius 1 is 1.33 bits per heavy atom. The molecule has 1 amide bonds. The highest BCUT2D eigenvalue weighted by Gasteiger charge is 2.25. The summed E-state index contributed by atoms with van der Waals surface area (Å²) in [6, 6.07) is 12.3. The second kappa shape index (κ2) is 7.01. The van der Waals surface area contributed by atoms with Crippen LogP contribution in [0.1, 0.15) is 21.5 Å². The van der Waals surface area contributed by atoms with Crippen LogP contribution in [0.25, 0.3) is 0 Å². The van der Waals surface area contributed by atoms with Crippen molar-refractivity contribution in [1.82, 2.24) is 14.8 Å². The van der Waals surface area contributed by atoms with Gasteiger partial charge in [0.15, 0.2) is 0 Å². The molecule has 1 unspecified atom stereocenters. The van der Waals surface area contributed by atoms with Gasteiger partial charge in [0.05, 0.1) is 7.11 Å². The van der Waals surface area contributed by atoms with E-state index in [-0.39, 0.29) is 5.91 Å². The SMILES string of the molecule is COc1cc(C(=O)N(C)CC2Cc3ccccc3CN2C)ccn1. The van der Waals surface area contributed by atoms with Gasteiger partial charge in [-0.05, 0) is 30.7 Å². The number of benzene rings is 1. The van der Waals surface area contributed by atoms with Gasteiger partial charge in [0, 0.05) is 44.0 Å². The summed E-state index contributed by atoms with van der Waals surface area (Å²) in [5.41, 5.74) is 3.36. The van der Waals surface area contributed by atoms with E-state index in [1.54, 1.807) is 30.3 Å². The highest BCUT2D eigenvalue weighted by atomic mass is 16.5. The van der Waals surface area contributed by atoms with Gasteiger partial charge in [-0.1, -0.05) is 24.3 Å². The van der Waals surface area contributed by atoms with E-state index < -0.39 is 0 Å². The number of rotatable bonds is 4. The highest BCUT2D eigenvalue weighted by molar-refractivity contribution is 5.94. The van der Waals surface area contributed by atoms with Crippen LogP contribution in [-0.2, 0) is 13.0 Å². The second-order valence-electron chi connectivity index (χ2n) is 6.31. The molecule has 0 bridgehead atoms. The van der Waals surface area contributed by atoms with Crippen molar-refractivity contribution in [2.24, 2.45) is 0 Å². The Hall–Kier alpha value is -2.40. The molecule has 1 aliphatic heterocycles. The van der Waals surface area contributed by atoms with Gasteiger partial charge in [0.25, 0.3) is 5.91 Å². The van der Waals surface area contributed by atoms with E-state index in [0.717, 1.165) is 13.0 Å². The van der Waals surface area contributed by atoms with E-state index in [9.17, 15) is 4.79 Å². The topological polar surface area (TPSA) is 45.7 Å². The van der Waals surface area contributed by atoms with Crippen LogP contribution in [0.5, 0.6) is 5.88 Å². The van der Waals surface area contributed by atoms with Crippen LogP contribution >= 0.6 is 0 Å². The average Bonchev–Trinajstić information content (AvgIpc) is 2.61. The molecular weight excluding hydrogens is 302 g/mol. The minimum absolute atomic E-state index is 0.0111. The summed E-state index contributed by atoms with van der Waals surface area (Å²) in [5, 5.41) is 0. The number of ether oxygens (including phenoxy) is 1. The predicted molar refractivity (Wildman–Crippen MR) is 93.2 cm³/mol. The molecular formula is C19H23N3O2. The fraction of sp³-hybridized carbons (Fsp3) is 0.368. The fourth-order valence-electron chi connectivity index (χ4n) is 3.20. The van der Waals surface area contributed by atoms with Crippen LogP contribution in [0.2, 0.25) is 0 Å². The molecule has 0 N–H and O–H groups in total. The Labute approximate surface area is 142 Å². The summed E-state index contributed by atoms with van der Waals surface area (Å²) in [6.45, 7) is 1.61. The number of nitrogens with zero attached hydrogens (tertiary/aromatic N) is 3. The van der Waals surface area contributed by atoms with E-state index in [4.69, 9.17) is 4.74 Å². The van der Waals surface area contributed by atoms with Crippen LogP contribution in [0.15, 0.2) is 42.6 Å². The van der Waals surface area contributed by atoms with Gasteiger partial charge in [-0.15, -0.1) is 0 Å². The number of methoxy groups -OCH3 is 1. The fourth-order valence-corrected chi connectivity index (χ4v) is 3.20. The van der Waals surface area contributed by atoms with Crippen molar-refractivity contribution in [2.45, 2.75) is 19.0 Å². The number of fused-ring (bicyclic) bond motifs is 1. The van der Waals surface area contributed by atoms with Gasteiger partial charge in [-0.3, -0.25) is 9.69 Å². The lowest BCUT2D eigenvalue weighted by atomic mass is 9.94. The van der Waals surface area contributed by atoms with Crippen molar-refractivity contribution in [2.75, 3.05) is 27.7 Å². The van der Waals surface area contributed by atoms with Crippen LogP contribution in [0.4, 0.5) is 0 Å². The Bertz CT molecular complexity index is 732. The Morgan fingerprint density at radius 2 is 2.08 bits per heavy atom. The van der Waals surface area contributed by atoms with Crippen molar-refractivity contribution >= 4 is 5.91 Å². The molecule has 1 aliphatic rings. The summed E-state index contributed by atoms with van der Waals surface area (Å²) in [4.78, 5) is 20.8. The lowest BCUT2D eigenvalue weighted by molar-refractivity contribution is 0.0733. The number of hydrogen-bond donors (Lipinski definition) is 0. The molecule has 0 saturated carbocycles. The molecule has 2 heterocycles. The minimum Gasteiger partial charge on any atom is -0.481 e. The molecule has 1 aromatic heterocycles. The average molecular weight is 325 g/mol. The lowest BCUT2D eigenvalue weighted by Crippen LogP contribution is -2.46. The molecule has 126 valence electrons. The molecule has 0 saturated heterocycles. The number of likely N-dealkylation sites (N-methyl/N-ethyl adjacent to an activating group) is 2. The summed E-state index contributed by atoms with van der Waals surface area (Å²) < 4.78 is 5.10. The highest BCUT2D eigenvalue weighted by Crippen LogP contribution is 2.22. The Kier molecular flexibility index (Phi) is 4.81. The first-order chi connectivity index (χ1) is 11.6. The van der Waals surface area contributed by atoms with E-state index in [0.29, 0.717) is 24.0 Å². The van der Waals surface area contributed by atoms with Gasteiger partial charge >= 0.3 is 0 Å². The van der Waals surface area contributed by atoms with E-state index in [1.807, 2.05) is 7.05 Å².